The average Bonchev–Trinajstić information content (AvgIpc) is 2.43. The summed E-state index contributed by atoms with van der Waals surface area (Å²) in [7, 11) is 1.50. The molecule has 1 heterocycles. The minimum absolute atomic E-state index is 0.0624. The first kappa shape index (κ1) is 15.3. The molecule has 6 heteroatoms. The van der Waals surface area contributed by atoms with Gasteiger partial charge in [0.15, 0.2) is 16.3 Å². The van der Waals surface area contributed by atoms with Gasteiger partial charge < -0.3 is 14.8 Å². The van der Waals surface area contributed by atoms with Crippen LogP contribution in [-0.2, 0) is 12.8 Å². The minimum Gasteiger partial charge on any atom is -0.504 e. The number of phenols is 1. The van der Waals surface area contributed by atoms with E-state index < -0.39 is 0 Å². The third-order valence-electron chi connectivity index (χ3n) is 3.25. The summed E-state index contributed by atoms with van der Waals surface area (Å²) in [5, 5.41) is 9.82. The van der Waals surface area contributed by atoms with Gasteiger partial charge in [-0.2, -0.15) is 0 Å². The zero-order valence-corrected chi connectivity index (χ0v) is 12.8. The van der Waals surface area contributed by atoms with Crippen molar-refractivity contribution in [1.82, 2.24) is 9.97 Å². The molecule has 0 radical (unpaired) electrons. The molecule has 0 aliphatic carbocycles. The Hall–Kier alpha value is -2.08. The van der Waals surface area contributed by atoms with Crippen LogP contribution in [0.4, 0.5) is 0 Å². The van der Waals surface area contributed by atoms with Crippen LogP contribution >= 0.6 is 12.2 Å². The molecule has 5 nitrogen and oxygen atoms in total. The molecule has 112 valence electrons. The highest BCUT2D eigenvalue weighted by Gasteiger charge is 2.10. The topological polar surface area (TPSA) is 78.1 Å². The quantitative estimate of drug-likeness (QED) is 0.742. The molecule has 0 unspecified atom stereocenters. The predicted molar refractivity (Wildman–Crippen MR) is 83.7 cm³/mol. The highest BCUT2D eigenvalue weighted by molar-refractivity contribution is 7.71. The van der Waals surface area contributed by atoms with Crippen LogP contribution in [0.1, 0.15) is 30.2 Å². The van der Waals surface area contributed by atoms with Crippen LogP contribution in [0, 0.1) is 4.77 Å². The molecule has 1 aromatic carbocycles. The van der Waals surface area contributed by atoms with Crippen LogP contribution < -0.4 is 10.3 Å². The third-order valence-corrected chi connectivity index (χ3v) is 3.46. The van der Waals surface area contributed by atoms with Gasteiger partial charge in [-0.15, -0.1) is 0 Å². The first-order valence-electron chi connectivity index (χ1n) is 6.75. The Kier molecular flexibility index (Phi) is 4.80. The largest absolute Gasteiger partial charge is 0.504 e. The van der Waals surface area contributed by atoms with Crippen molar-refractivity contribution >= 4 is 12.2 Å². The number of hydrogen-bond donors (Lipinski definition) is 3. The number of methoxy groups -OCH3 is 1. The van der Waals surface area contributed by atoms with Crippen molar-refractivity contribution in [3.8, 4) is 11.5 Å². The van der Waals surface area contributed by atoms with E-state index in [9.17, 15) is 9.90 Å². The highest BCUT2D eigenvalue weighted by atomic mass is 32.1. The number of aromatic nitrogens is 2. The molecule has 0 aliphatic rings. The van der Waals surface area contributed by atoms with Gasteiger partial charge >= 0.3 is 0 Å². The third kappa shape index (κ3) is 3.52. The number of benzene rings is 1. The molecular weight excluding hydrogens is 288 g/mol. The lowest BCUT2D eigenvalue weighted by Gasteiger charge is -2.09. The summed E-state index contributed by atoms with van der Waals surface area (Å²) in [6.07, 6.45) is 2.09. The standard InChI is InChI=1S/C15H18N2O3S/c1-3-4-11-10(14(19)17-15(21)16-11)7-9-5-6-13(20-2)12(18)8-9/h5-6,8,18H,3-4,7H2,1-2H3,(H2,16,17,19,21). The van der Waals surface area contributed by atoms with E-state index in [1.54, 1.807) is 12.1 Å². The van der Waals surface area contributed by atoms with Crippen molar-refractivity contribution in [1.29, 1.82) is 0 Å². The molecule has 3 N–H and O–H groups in total. The second-order valence-corrected chi connectivity index (χ2v) is 5.21. The lowest BCUT2D eigenvalue weighted by atomic mass is 10.0. The maximum absolute atomic E-state index is 12.1. The predicted octanol–water partition coefficient (Wildman–Crippen LogP) is 2.69. The molecule has 0 atom stereocenters. The molecule has 2 aromatic rings. The summed E-state index contributed by atoms with van der Waals surface area (Å²) in [6, 6.07) is 5.12. The fourth-order valence-corrected chi connectivity index (χ4v) is 2.48. The number of nitrogens with one attached hydrogen (secondary N) is 2. The van der Waals surface area contributed by atoms with E-state index in [1.165, 1.54) is 7.11 Å². The normalized spacial score (nSPS) is 10.6. The summed E-state index contributed by atoms with van der Waals surface area (Å²) < 4.78 is 5.35. The zero-order valence-electron chi connectivity index (χ0n) is 12.0. The summed E-state index contributed by atoms with van der Waals surface area (Å²) in [4.78, 5) is 17.8. The van der Waals surface area contributed by atoms with Crippen molar-refractivity contribution in [2.24, 2.45) is 0 Å². The average molecular weight is 306 g/mol. The second kappa shape index (κ2) is 6.58. The first-order valence-corrected chi connectivity index (χ1v) is 7.16. The second-order valence-electron chi connectivity index (χ2n) is 4.80. The Labute approximate surface area is 127 Å². The van der Waals surface area contributed by atoms with Gasteiger partial charge in [0, 0.05) is 17.7 Å². The fraction of sp³-hybridized carbons (Fsp3) is 0.333. The van der Waals surface area contributed by atoms with Gasteiger partial charge in [0.2, 0.25) is 0 Å². The van der Waals surface area contributed by atoms with Crippen molar-refractivity contribution in [3.63, 3.8) is 0 Å². The number of rotatable bonds is 5. The molecular formula is C15H18N2O3S. The van der Waals surface area contributed by atoms with Crippen molar-refractivity contribution in [3.05, 3.63) is 50.1 Å². The fourth-order valence-electron chi connectivity index (χ4n) is 2.26. The first-order chi connectivity index (χ1) is 10.0. The SMILES string of the molecule is CCCc1[nH]c(=S)[nH]c(=O)c1Cc1ccc(OC)c(O)c1. The Morgan fingerprint density at radius 2 is 2.10 bits per heavy atom. The highest BCUT2D eigenvalue weighted by Crippen LogP contribution is 2.27. The summed E-state index contributed by atoms with van der Waals surface area (Å²) in [5.74, 6) is 0.473. The number of phenolic OH excluding ortho intramolecular Hbond substituents is 1. The number of ether oxygens (including phenoxy) is 1. The van der Waals surface area contributed by atoms with Gasteiger partial charge in [-0.3, -0.25) is 9.78 Å². The molecule has 21 heavy (non-hydrogen) atoms. The number of aromatic hydroxyl groups is 1. The van der Waals surface area contributed by atoms with E-state index in [4.69, 9.17) is 17.0 Å². The Morgan fingerprint density at radius 3 is 2.71 bits per heavy atom. The summed E-state index contributed by atoms with van der Waals surface area (Å²) in [6.45, 7) is 2.04. The van der Waals surface area contributed by atoms with Crippen molar-refractivity contribution < 1.29 is 9.84 Å². The summed E-state index contributed by atoms with van der Waals surface area (Å²) >= 11 is 5.01. The van der Waals surface area contributed by atoms with Gasteiger partial charge in [-0.1, -0.05) is 19.4 Å². The van der Waals surface area contributed by atoms with E-state index >= 15 is 0 Å². The zero-order chi connectivity index (χ0) is 15.4. The van der Waals surface area contributed by atoms with E-state index in [-0.39, 0.29) is 11.3 Å². The number of H-pyrrole nitrogens is 2. The number of aromatic amines is 2. The summed E-state index contributed by atoms with van der Waals surface area (Å²) in [5.41, 5.74) is 2.15. The number of aryl methyl sites for hydroxylation is 1. The molecule has 2 rings (SSSR count). The lowest BCUT2D eigenvalue weighted by molar-refractivity contribution is 0.373. The van der Waals surface area contributed by atoms with Gasteiger partial charge in [-0.25, -0.2) is 0 Å². The molecule has 0 amide bonds. The Balaban J connectivity index is 2.41. The maximum atomic E-state index is 12.1. The van der Waals surface area contributed by atoms with Crippen LogP contribution in [0.3, 0.4) is 0 Å². The van der Waals surface area contributed by atoms with Gasteiger partial charge in [0.25, 0.3) is 5.56 Å². The molecule has 0 bridgehead atoms. The molecule has 0 saturated heterocycles. The van der Waals surface area contributed by atoms with E-state index in [1.807, 2.05) is 13.0 Å². The van der Waals surface area contributed by atoms with E-state index in [0.29, 0.717) is 22.5 Å². The van der Waals surface area contributed by atoms with Crippen LogP contribution in [0.2, 0.25) is 0 Å². The minimum atomic E-state index is -0.183. The smallest absolute Gasteiger partial charge is 0.255 e. The maximum Gasteiger partial charge on any atom is 0.255 e. The Morgan fingerprint density at radius 1 is 1.33 bits per heavy atom. The number of hydrogen-bond acceptors (Lipinski definition) is 4. The van der Waals surface area contributed by atoms with Gasteiger partial charge in [0.05, 0.1) is 7.11 Å². The van der Waals surface area contributed by atoms with Crippen LogP contribution in [-0.4, -0.2) is 22.2 Å². The molecule has 0 fully saturated rings. The van der Waals surface area contributed by atoms with Crippen molar-refractivity contribution in [2.45, 2.75) is 26.2 Å². The van der Waals surface area contributed by atoms with Crippen LogP contribution in [0.25, 0.3) is 0 Å². The molecule has 0 aliphatic heterocycles. The monoisotopic (exact) mass is 306 g/mol. The van der Waals surface area contributed by atoms with Gasteiger partial charge in [-0.05, 0) is 36.3 Å². The van der Waals surface area contributed by atoms with Crippen LogP contribution in [0.5, 0.6) is 11.5 Å². The lowest BCUT2D eigenvalue weighted by Crippen LogP contribution is -2.18. The van der Waals surface area contributed by atoms with Crippen molar-refractivity contribution in [2.75, 3.05) is 7.11 Å². The van der Waals surface area contributed by atoms with E-state index in [2.05, 4.69) is 9.97 Å². The van der Waals surface area contributed by atoms with Crippen LogP contribution in [0.15, 0.2) is 23.0 Å². The van der Waals surface area contributed by atoms with Gasteiger partial charge in [0.1, 0.15) is 0 Å². The molecule has 1 aromatic heterocycles. The van der Waals surface area contributed by atoms with E-state index in [0.717, 1.165) is 24.1 Å². The molecule has 0 spiro atoms. The molecule has 0 saturated carbocycles. The Bertz CT molecular complexity index is 749.